The Kier molecular flexibility index (Phi) is 4.86. The van der Waals surface area contributed by atoms with Crippen molar-refractivity contribution in [2.75, 3.05) is 20.7 Å². The third-order valence-electron chi connectivity index (χ3n) is 4.88. The Morgan fingerprint density at radius 1 is 1.15 bits per heavy atom. The van der Waals surface area contributed by atoms with Crippen molar-refractivity contribution < 1.29 is 13.9 Å². The number of para-hydroxylation sites is 2. The first kappa shape index (κ1) is 17.6. The number of aryl methyl sites for hydroxylation is 1. The van der Waals surface area contributed by atoms with Crippen LogP contribution in [0, 0.1) is 6.92 Å². The van der Waals surface area contributed by atoms with E-state index in [2.05, 4.69) is 24.1 Å². The number of nitrogens with zero attached hydrogens (tertiary/aromatic N) is 2. The highest BCUT2D eigenvalue weighted by Crippen LogP contribution is 2.31. The molecule has 5 nitrogen and oxygen atoms in total. The van der Waals surface area contributed by atoms with Crippen molar-refractivity contribution in [3.63, 3.8) is 0 Å². The molecule has 27 heavy (non-hydrogen) atoms. The van der Waals surface area contributed by atoms with Crippen molar-refractivity contribution >= 4 is 0 Å². The van der Waals surface area contributed by atoms with Crippen molar-refractivity contribution in [1.82, 2.24) is 9.88 Å². The molecule has 0 radical (unpaired) electrons. The van der Waals surface area contributed by atoms with Crippen LogP contribution >= 0.6 is 0 Å². The smallest absolute Gasteiger partial charge is 0.230 e. The molecule has 1 aliphatic heterocycles. The number of hydrogen-bond donors (Lipinski definition) is 0. The zero-order chi connectivity index (χ0) is 18.8. The lowest BCUT2D eigenvalue weighted by atomic mass is 10.1. The molecule has 2 aromatic carbocycles. The van der Waals surface area contributed by atoms with Gasteiger partial charge in [0.2, 0.25) is 5.89 Å². The van der Waals surface area contributed by atoms with Crippen LogP contribution in [0.3, 0.4) is 0 Å². The van der Waals surface area contributed by atoms with E-state index < -0.39 is 0 Å². The molecule has 0 aliphatic carbocycles. The molecule has 5 heteroatoms. The normalized spacial score (nSPS) is 15.6. The molecule has 2 heterocycles. The summed E-state index contributed by atoms with van der Waals surface area (Å²) in [6.45, 7) is 3.50. The largest absolute Gasteiger partial charge is 0.496 e. The van der Waals surface area contributed by atoms with Gasteiger partial charge < -0.3 is 13.9 Å². The summed E-state index contributed by atoms with van der Waals surface area (Å²) in [6.07, 6.45) is 1.12. The van der Waals surface area contributed by atoms with Crippen LogP contribution < -0.4 is 9.47 Å². The minimum Gasteiger partial charge on any atom is -0.496 e. The molecule has 0 unspecified atom stereocenters. The van der Waals surface area contributed by atoms with Gasteiger partial charge in [-0.1, -0.05) is 30.3 Å². The summed E-state index contributed by atoms with van der Waals surface area (Å²) in [5.74, 6) is 3.19. The molecule has 1 aliphatic rings. The van der Waals surface area contributed by atoms with Gasteiger partial charge in [-0.15, -0.1) is 0 Å². The summed E-state index contributed by atoms with van der Waals surface area (Å²) in [5.41, 5.74) is 3.09. The first-order valence-corrected chi connectivity index (χ1v) is 9.17. The zero-order valence-corrected chi connectivity index (χ0v) is 15.9. The number of fused-ring (bicyclic) bond motifs is 1. The molecule has 0 saturated carbocycles. The first-order valence-electron chi connectivity index (χ1n) is 9.17. The third kappa shape index (κ3) is 3.69. The minimum absolute atomic E-state index is 0.174. The number of benzene rings is 2. The number of methoxy groups -OCH3 is 1. The van der Waals surface area contributed by atoms with Crippen LogP contribution in [0.5, 0.6) is 11.5 Å². The maximum absolute atomic E-state index is 6.05. The maximum atomic E-state index is 6.05. The molecule has 0 amide bonds. The summed E-state index contributed by atoms with van der Waals surface area (Å²) in [4.78, 5) is 6.94. The number of rotatable bonds is 6. The first-order chi connectivity index (χ1) is 13.1. The van der Waals surface area contributed by atoms with Crippen LogP contribution in [0.25, 0.3) is 11.5 Å². The Labute approximate surface area is 159 Å². The third-order valence-corrected chi connectivity index (χ3v) is 4.88. The van der Waals surface area contributed by atoms with Gasteiger partial charge in [-0.2, -0.15) is 0 Å². The number of aromatic nitrogens is 1. The highest BCUT2D eigenvalue weighted by atomic mass is 16.5. The molecule has 3 aromatic rings. The van der Waals surface area contributed by atoms with E-state index >= 15 is 0 Å². The summed E-state index contributed by atoms with van der Waals surface area (Å²) < 4.78 is 17.4. The average Bonchev–Trinajstić information content (AvgIpc) is 3.24. The number of likely N-dealkylation sites (N-methyl/N-ethyl adjacent to an activating group) is 1. The van der Waals surface area contributed by atoms with Crippen LogP contribution in [-0.4, -0.2) is 36.7 Å². The van der Waals surface area contributed by atoms with E-state index in [4.69, 9.17) is 18.9 Å². The zero-order valence-electron chi connectivity index (χ0n) is 15.9. The Morgan fingerprint density at radius 2 is 1.93 bits per heavy atom. The van der Waals surface area contributed by atoms with Crippen LogP contribution in [0.15, 0.2) is 52.9 Å². The van der Waals surface area contributed by atoms with E-state index in [9.17, 15) is 0 Å². The van der Waals surface area contributed by atoms with Gasteiger partial charge in [0, 0.05) is 19.5 Å². The van der Waals surface area contributed by atoms with Crippen molar-refractivity contribution in [3.8, 4) is 23.0 Å². The Bertz CT molecular complexity index is 910. The summed E-state index contributed by atoms with van der Waals surface area (Å²) in [5, 5.41) is 0. The Morgan fingerprint density at radius 3 is 2.74 bits per heavy atom. The molecule has 140 valence electrons. The van der Waals surface area contributed by atoms with Crippen LogP contribution in [-0.2, 0) is 13.0 Å². The summed E-state index contributed by atoms with van der Waals surface area (Å²) >= 11 is 0. The summed E-state index contributed by atoms with van der Waals surface area (Å²) in [6, 6.07) is 16.0. The second-order valence-corrected chi connectivity index (χ2v) is 6.97. The SMILES string of the molecule is COc1ccccc1-c1nc(CN(C)C[C@@H]2Cc3ccccc3O2)c(C)o1. The van der Waals surface area contributed by atoms with Gasteiger partial charge in [-0.05, 0) is 37.7 Å². The predicted octanol–water partition coefficient (Wildman–Crippen LogP) is 4.09. The second-order valence-electron chi connectivity index (χ2n) is 6.97. The van der Waals surface area contributed by atoms with Crippen LogP contribution in [0.4, 0.5) is 0 Å². The van der Waals surface area contributed by atoms with Gasteiger partial charge in [0.05, 0.1) is 18.4 Å². The molecule has 0 N–H and O–H groups in total. The molecule has 0 spiro atoms. The lowest BCUT2D eigenvalue weighted by Crippen LogP contribution is -2.31. The average molecular weight is 364 g/mol. The van der Waals surface area contributed by atoms with Crippen molar-refractivity contribution in [3.05, 3.63) is 65.5 Å². The molecular formula is C22H24N2O3. The fraction of sp³-hybridized carbons (Fsp3) is 0.318. The minimum atomic E-state index is 0.174. The topological polar surface area (TPSA) is 47.7 Å². The number of hydrogen-bond acceptors (Lipinski definition) is 5. The van der Waals surface area contributed by atoms with Gasteiger partial charge in [-0.25, -0.2) is 4.98 Å². The quantitative estimate of drug-likeness (QED) is 0.659. The maximum Gasteiger partial charge on any atom is 0.230 e. The monoisotopic (exact) mass is 364 g/mol. The molecule has 1 atom stereocenters. The summed E-state index contributed by atoms with van der Waals surface area (Å²) in [7, 11) is 3.74. The predicted molar refractivity (Wildman–Crippen MR) is 104 cm³/mol. The van der Waals surface area contributed by atoms with E-state index in [0.717, 1.165) is 41.5 Å². The van der Waals surface area contributed by atoms with Crippen molar-refractivity contribution in [2.45, 2.75) is 26.0 Å². The fourth-order valence-corrected chi connectivity index (χ4v) is 3.53. The van der Waals surface area contributed by atoms with Gasteiger partial charge >= 0.3 is 0 Å². The van der Waals surface area contributed by atoms with E-state index in [1.807, 2.05) is 43.3 Å². The van der Waals surface area contributed by atoms with Crippen molar-refractivity contribution in [1.29, 1.82) is 0 Å². The molecule has 0 bridgehead atoms. The molecule has 4 rings (SSSR count). The van der Waals surface area contributed by atoms with Gasteiger partial charge in [0.15, 0.2) is 0 Å². The lowest BCUT2D eigenvalue weighted by Gasteiger charge is -2.19. The van der Waals surface area contributed by atoms with E-state index in [1.165, 1.54) is 5.56 Å². The lowest BCUT2D eigenvalue weighted by molar-refractivity contribution is 0.164. The van der Waals surface area contributed by atoms with Crippen molar-refractivity contribution in [2.24, 2.45) is 0 Å². The molecule has 0 fully saturated rings. The standard InChI is InChI=1S/C22H24N2O3/c1-15-19(23-22(26-15)18-9-5-7-11-21(18)25-3)14-24(2)13-17-12-16-8-4-6-10-20(16)27-17/h4-11,17H,12-14H2,1-3H3/t17-/m0/s1. The highest BCUT2D eigenvalue weighted by Gasteiger charge is 2.24. The fourth-order valence-electron chi connectivity index (χ4n) is 3.53. The number of oxazole rings is 1. The van der Waals surface area contributed by atoms with Crippen LogP contribution in [0.1, 0.15) is 17.0 Å². The van der Waals surface area contributed by atoms with Gasteiger partial charge in [-0.3, -0.25) is 4.90 Å². The Hall–Kier alpha value is -2.79. The van der Waals surface area contributed by atoms with Gasteiger partial charge in [0.25, 0.3) is 0 Å². The molecule has 1 aromatic heterocycles. The van der Waals surface area contributed by atoms with Gasteiger partial charge in [0.1, 0.15) is 23.4 Å². The van der Waals surface area contributed by atoms with Crippen LogP contribution in [0.2, 0.25) is 0 Å². The van der Waals surface area contributed by atoms with E-state index in [0.29, 0.717) is 12.4 Å². The molecule has 0 saturated heterocycles. The van der Waals surface area contributed by atoms with E-state index in [1.54, 1.807) is 7.11 Å². The highest BCUT2D eigenvalue weighted by molar-refractivity contribution is 5.62. The molecular weight excluding hydrogens is 340 g/mol. The van der Waals surface area contributed by atoms with E-state index in [-0.39, 0.29) is 6.10 Å². The second kappa shape index (κ2) is 7.45. The number of ether oxygens (including phenoxy) is 2. The Balaban J connectivity index is 1.43.